The Labute approximate surface area is 199 Å². The Hall–Kier alpha value is -0.100. The average Bonchev–Trinajstić information content (AvgIpc) is 2.76. The van der Waals surface area contributed by atoms with Crippen LogP contribution < -0.4 is 5.32 Å². The first-order valence-electron chi connectivity index (χ1n) is 13.2. The van der Waals surface area contributed by atoms with Gasteiger partial charge in [-0.1, -0.05) is 90.4 Å². The molecule has 0 aliphatic rings. The van der Waals surface area contributed by atoms with Crippen molar-refractivity contribution in [3.05, 3.63) is 0 Å². The van der Waals surface area contributed by atoms with Gasteiger partial charge in [-0.15, -0.1) is 0 Å². The maximum absolute atomic E-state index is 11.5. The van der Waals surface area contributed by atoms with Crippen molar-refractivity contribution in [1.29, 1.82) is 0 Å². The summed E-state index contributed by atoms with van der Waals surface area (Å²) in [7, 11) is 0.0707. The number of ether oxygens (including phenoxy) is 1. The van der Waals surface area contributed by atoms with Crippen LogP contribution in [-0.4, -0.2) is 50.7 Å². The van der Waals surface area contributed by atoms with Gasteiger partial charge in [0.05, 0.1) is 26.8 Å². The van der Waals surface area contributed by atoms with Gasteiger partial charge in [0.1, 0.15) is 12.4 Å². The normalized spacial score (nSPS) is 13.4. The minimum absolute atomic E-state index is 0.0300. The van der Waals surface area contributed by atoms with Gasteiger partial charge in [-0.2, -0.15) is 0 Å². The highest BCUT2D eigenvalue weighted by molar-refractivity contribution is 7.40. The number of nitrogens with two attached hydrogens (primary N) is 1. The van der Waals surface area contributed by atoms with Gasteiger partial charge in [0.2, 0.25) is 0 Å². The third-order valence-corrected chi connectivity index (χ3v) is 6.37. The molecule has 0 fully saturated rings. The standard InChI is InChI=1S/C25H52NO5P/c1-4-5-6-7-8-9-10-11-12-13-14-15-16-17-19-29-22-25(21-24(2)27)23-31-32(28)30-20-18-26-3/h25-26,28H,4-23H2,1-3H3/p+1. The molecule has 0 aromatic carbocycles. The first kappa shape index (κ1) is 31.9. The SMILES string of the molecule is CCCCCCCCCCCCCCCCOCC(COP(O)OCC[NH2+]C)CC(C)=O. The number of ketones is 1. The Kier molecular flexibility index (Phi) is 25.4. The lowest BCUT2D eigenvalue weighted by atomic mass is 10.0. The van der Waals surface area contributed by atoms with Crippen LogP contribution in [-0.2, 0) is 18.6 Å². The molecule has 0 radical (unpaired) electrons. The molecule has 0 bridgehead atoms. The summed E-state index contributed by atoms with van der Waals surface area (Å²) in [4.78, 5) is 21.2. The van der Waals surface area contributed by atoms with Crippen molar-refractivity contribution in [2.24, 2.45) is 5.92 Å². The van der Waals surface area contributed by atoms with Crippen molar-refractivity contribution in [3.63, 3.8) is 0 Å². The lowest BCUT2D eigenvalue weighted by molar-refractivity contribution is -0.627. The van der Waals surface area contributed by atoms with E-state index in [0.717, 1.165) is 19.6 Å². The van der Waals surface area contributed by atoms with Crippen LogP contribution in [0, 0.1) is 5.92 Å². The zero-order valence-electron chi connectivity index (χ0n) is 21.3. The molecule has 7 heteroatoms. The maximum Gasteiger partial charge on any atom is 0.330 e. The predicted molar refractivity (Wildman–Crippen MR) is 134 cm³/mol. The van der Waals surface area contributed by atoms with Crippen molar-refractivity contribution < 1.29 is 28.8 Å². The summed E-state index contributed by atoms with van der Waals surface area (Å²) in [5, 5.41) is 1.98. The summed E-state index contributed by atoms with van der Waals surface area (Å²) in [6.45, 7) is 6.59. The summed E-state index contributed by atoms with van der Waals surface area (Å²) in [6, 6.07) is 0. The summed E-state index contributed by atoms with van der Waals surface area (Å²) in [6.07, 6.45) is 19.2. The first-order valence-corrected chi connectivity index (χ1v) is 14.3. The summed E-state index contributed by atoms with van der Waals surface area (Å²) < 4.78 is 16.4. The summed E-state index contributed by atoms with van der Waals surface area (Å²) >= 11 is 0. The number of unbranched alkanes of at least 4 members (excludes halogenated alkanes) is 13. The highest BCUT2D eigenvalue weighted by Crippen LogP contribution is 2.33. The molecule has 6 nitrogen and oxygen atoms in total. The monoisotopic (exact) mass is 478 g/mol. The molecule has 0 amide bonds. The Morgan fingerprint density at radius 2 is 1.34 bits per heavy atom. The fourth-order valence-electron chi connectivity index (χ4n) is 3.68. The predicted octanol–water partition coefficient (Wildman–Crippen LogP) is 5.53. The van der Waals surface area contributed by atoms with Crippen molar-refractivity contribution in [2.45, 2.75) is 110 Å². The van der Waals surface area contributed by atoms with Gasteiger partial charge in [0.15, 0.2) is 0 Å². The molecule has 0 spiro atoms. The van der Waals surface area contributed by atoms with Crippen LogP contribution in [0.1, 0.15) is 110 Å². The molecular weight excluding hydrogens is 425 g/mol. The Bertz CT molecular complexity index is 401. The van der Waals surface area contributed by atoms with Crippen molar-refractivity contribution in [3.8, 4) is 0 Å². The fourth-order valence-corrected chi connectivity index (χ4v) is 4.35. The van der Waals surface area contributed by atoms with Gasteiger partial charge in [-0.05, 0) is 13.3 Å². The largest absolute Gasteiger partial charge is 0.381 e. The lowest BCUT2D eigenvalue weighted by Gasteiger charge is -2.17. The smallest absolute Gasteiger partial charge is 0.330 e. The number of carbonyl (C=O) groups excluding carboxylic acids is 1. The Balaban J connectivity index is 3.54. The van der Waals surface area contributed by atoms with Gasteiger partial charge in [-0.3, -0.25) is 0 Å². The topological polar surface area (TPSA) is 81.6 Å². The molecule has 0 heterocycles. The number of Topliss-reactive ketones (excluding diaryl/α,β-unsaturated/α-hetero) is 1. The second-order valence-corrected chi connectivity index (χ2v) is 10.00. The third-order valence-electron chi connectivity index (χ3n) is 5.60. The van der Waals surface area contributed by atoms with Crippen LogP contribution in [0.5, 0.6) is 0 Å². The molecule has 2 atom stereocenters. The average molecular weight is 479 g/mol. The highest BCUT2D eigenvalue weighted by Gasteiger charge is 2.16. The molecule has 0 aromatic rings. The van der Waals surface area contributed by atoms with Crippen LogP contribution in [0.25, 0.3) is 0 Å². The number of likely N-dealkylation sites (N-methyl/N-ethyl adjacent to an activating group) is 1. The van der Waals surface area contributed by atoms with E-state index in [9.17, 15) is 9.69 Å². The highest BCUT2D eigenvalue weighted by atomic mass is 31.2. The molecule has 0 aliphatic carbocycles. The molecule has 0 aliphatic heterocycles. The molecule has 3 N–H and O–H groups in total. The molecule has 192 valence electrons. The van der Waals surface area contributed by atoms with Gasteiger partial charge < -0.3 is 28.8 Å². The van der Waals surface area contributed by atoms with E-state index in [1.54, 1.807) is 6.92 Å². The number of carbonyl (C=O) groups is 1. The van der Waals surface area contributed by atoms with Crippen LogP contribution in [0.15, 0.2) is 0 Å². The maximum atomic E-state index is 11.5. The van der Waals surface area contributed by atoms with Crippen LogP contribution >= 0.6 is 8.60 Å². The van der Waals surface area contributed by atoms with E-state index in [0.29, 0.717) is 19.6 Å². The van der Waals surface area contributed by atoms with Crippen molar-refractivity contribution >= 4 is 14.4 Å². The first-order chi connectivity index (χ1) is 15.6. The molecule has 0 saturated heterocycles. The van der Waals surface area contributed by atoms with Crippen molar-refractivity contribution in [1.82, 2.24) is 0 Å². The van der Waals surface area contributed by atoms with Crippen molar-refractivity contribution in [2.75, 3.05) is 40.0 Å². The van der Waals surface area contributed by atoms with E-state index < -0.39 is 8.60 Å². The number of hydrogen-bond acceptors (Lipinski definition) is 5. The molecule has 32 heavy (non-hydrogen) atoms. The molecule has 2 unspecified atom stereocenters. The Morgan fingerprint density at radius 1 is 0.812 bits per heavy atom. The van der Waals surface area contributed by atoms with Gasteiger partial charge in [-0.25, -0.2) is 0 Å². The van der Waals surface area contributed by atoms with Crippen LogP contribution in [0.2, 0.25) is 0 Å². The molecule has 0 aromatic heterocycles. The molecular formula is C25H53NO5P+. The zero-order valence-corrected chi connectivity index (χ0v) is 22.2. The van der Waals surface area contributed by atoms with E-state index in [2.05, 4.69) is 6.92 Å². The van der Waals surface area contributed by atoms with Gasteiger partial charge >= 0.3 is 8.60 Å². The number of rotatable bonds is 26. The van der Waals surface area contributed by atoms with E-state index >= 15 is 0 Å². The quantitative estimate of drug-likeness (QED) is 0.126. The summed E-state index contributed by atoms with van der Waals surface area (Å²) in [5.74, 6) is 0.0834. The number of quaternary nitrogens is 1. The minimum atomic E-state index is -1.88. The van der Waals surface area contributed by atoms with Crippen LogP contribution in [0.3, 0.4) is 0 Å². The second kappa shape index (κ2) is 25.5. The van der Waals surface area contributed by atoms with Crippen LogP contribution in [0.4, 0.5) is 0 Å². The Morgan fingerprint density at radius 3 is 1.84 bits per heavy atom. The molecule has 0 saturated carbocycles. The lowest BCUT2D eigenvalue weighted by Crippen LogP contribution is -2.80. The van der Waals surface area contributed by atoms with E-state index in [1.807, 2.05) is 12.4 Å². The molecule has 0 rings (SSSR count). The minimum Gasteiger partial charge on any atom is -0.381 e. The van der Waals surface area contributed by atoms with Gasteiger partial charge in [0.25, 0.3) is 0 Å². The third kappa shape index (κ3) is 24.5. The van der Waals surface area contributed by atoms with E-state index in [-0.39, 0.29) is 18.3 Å². The summed E-state index contributed by atoms with van der Waals surface area (Å²) in [5.41, 5.74) is 0. The number of hydrogen-bond donors (Lipinski definition) is 2. The zero-order chi connectivity index (χ0) is 23.7. The van der Waals surface area contributed by atoms with E-state index in [4.69, 9.17) is 13.8 Å². The fraction of sp³-hybridized carbons (Fsp3) is 0.960. The van der Waals surface area contributed by atoms with Gasteiger partial charge in [0, 0.05) is 18.9 Å². The second-order valence-electron chi connectivity index (χ2n) is 9.01. The van der Waals surface area contributed by atoms with E-state index in [1.165, 1.54) is 83.5 Å².